The number of ether oxygens (including phenoxy) is 3. The molecule has 0 amide bonds. The van der Waals surface area contributed by atoms with Gasteiger partial charge in [0.2, 0.25) is 0 Å². The number of methoxy groups -OCH3 is 2. The molecule has 0 spiro atoms. The average molecular weight is 558 g/mol. The summed E-state index contributed by atoms with van der Waals surface area (Å²) in [4.78, 5) is 13.0. The van der Waals surface area contributed by atoms with Crippen LogP contribution in [0.1, 0.15) is 41.3 Å². The normalized spacial score (nSPS) is 14.9. The number of carbonyl (C=O) groups excluding carboxylic acids is 1. The molecule has 0 fully saturated rings. The molecule has 0 saturated heterocycles. The van der Waals surface area contributed by atoms with Crippen LogP contribution < -0.4 is 14.2 Å². The van der Waals surface area contributed by atoms with Gasteiger partial charge in [0.15, 0.2) is 11.5 Å². The molecule has 1 heterocycles. The topological polar surface area (TPSA) is 65.0 Å². The number of hydrogen-bond acceptors (Lipinski definition) is 5. The van der Waals surface area contributed by atoms with E-state index in [0.717, 1.165) is 5.56 Å². The predicted molar refractivity (Wildman–Crippen MR) is 103 cm³/mol. The van der Waals surface area contributed by atoms with Gasteiger partial charge in [-0.1, -0.05) is 29.3 Å². The van der Waals surface area contributed by atoms with Crippen molar-refractivity contribution in [3.8, 4) is 17.2 Å². The second kappa shape index (κ2) is 8.90. The summed E-state index contributed by atoms with van der Waals surface area (Å²) in [5, 5.41) is 9.86. The van der Waals surface area contributed by atoms with E-state index in [1.807, 2.05) is 26.0 Å². The van der Waals surface area contributed by atoms with Crippen LogP contribution in [0.2, 0.25) is 0 Å². The van der Waals surface area contributed by atoms with Crippen LogP contribution in [0, 0.1) is 6.07 Å². The number of benzene rings is 2. The molecule has 1 atom stereocenters. The van der Waals surface area contributed by atoms with Crippen LogP contribution in [-0.2, 0) is 19.8 Å². The van der Waals surface area contributed by atoms with Crippen molar-refractivity contribution in [3.05, 3.63) is 59.2 Å². The molecule has 28 heavy (non-hydrogen) atoms. The van der Waals surface area contributed by atoms with E-state index in [-0.39, 0.29) is 37.8 Å². The Morgan fingerprint density at radius 2 is 1.89 bits per heavy atom. The zero-order valence-corrected chi connectivity index (χ0v) is 18.8. The van der Waals surface area contributed by atoms with Crippen molar-refractivity contribution in [2.45, 2.75) is 25.4 Å². The second-order valence-corrected chi connectivity index (χ2v) is 6.90. The van der Waals surface area contributed by atoms with Crippen molar-refractivity contribution in [1.29, 1.82) is 0 Å². The molecule has 1 N–H and O–H groups in total. The third-order valence-electron chi connectivity index (χ3n) is 4.54. The maximum Gasteiger partial charge on any atom is 1.00 e. The molecular weight excluding hydrogens is 534 g/mol. The number of ketones is 1. The summed E-state index contributed by atoms with van der Waals surface area (Å²) in [6.45, 7) is 3.60. The summed E-state index contributed by atoms with van der Waals surface area (Å²) in [5.74, 6) is 0.824. The van der Waals surface area contributed by atoms with E-state index in [0.29, 0.717) is 28.4 Å². The number of Topliss-reactive ketones (excluding diaryl/α,β-unsaturated/α-hetero) is 1. The van der Waals surface area contributed by atoms with E-state index < -0.39 is 5.92 Å². The molecule has 149 valence electrons. The fourth-order valence-electron chi connectivity index (χ4n) is 3.05. The SMILES string of the molecule is COc1ccc(C(CO)C(=O)c2[c-]c3c(cc2)OC(C)(C)C=C3)cc1OC.[Os+]. The van der Waals surface area contributed by atoms with Crippen molar-refractivity contribution in [3.63, 3.8) is 0 Å². The van der Waals surface area contributed by atoms with Gasteiger partial charge in [-0.2, -0.15) is 0 Å². The van der Waals surface area contributed by atoms with Crippen LogP contribution in [0.25, 0.3) is 6.08 Å². The van der Waals surface area contributed by atoms with Gasteiger partial charge >= 0.3 is 19.8 Å². The first-order chi connectivity index (χ1) is 12.9. The van der Waals surface area contributed by atoms with E-state index in [9.17, 15) is 9.90 Å². The van der Waals surface area contributed by atoms with Gasteiger partial charge in [0.05, 0.1) is 26.6 Å². The molecule has 2 aromatic carbocycles. The van der Waals surface area contributed by atoms with E-state index in [1.54, 1.807) is 37.4 Å². The van der Waals surface area contributed by atoms with Crippen LogP contribution >= 0.6 is 0 Å². The molecule has 1 aliphatic heterocycles. The van der Waals surface area contributed by atoms with E-state index >= 15 is 0 Å². The van der Waals surface area contributed by atoms with Crippen LogP contribution in [0.4, 0.5) is 0 Å². The van der Waals surface area contributed by atoms with Gasteiger partial charge in [0, 0.05) is 5.92 Å². The van der Waals surface area contributed by atoms with Crippen molar-refractivity contribution in [1.82, 2.24) is 0 Å². The molecule has 3 rings (SSSR count). The first-order valence-electron chi connectivity index (χ1n) is 8.70. The van der Waals surface area contributed by atoms with E-state index in [1.165, 1.54) is 7.11 Å². The van der Waals surface area contributed by atoms with E-state index in [2.05, 4.69) is 6.07 Å². The Morgan fingerprint density at radius 1 is 1.18 bits per heavy atom. The summed E-state index contributed by atoms with van der Waals surface area (Å²) < 4.78 is 16.4. The summed E-state index contributed by atoms with van der Waals surface area (Å²) in [7, 11) is 3.08. The zero-order chi connectivity index (χ0) is 19.6. The minimum absolute atomic E-state index is 0. The van der Waals surface area contributed by atoms with Crippen molar-refractivity contribution in [2.24, 2.45) is 0 Å². The Bertz CT molecular complexity index is 888. The summed E-state index contributed by atoms with van der Waals surface area (Å²) in [5.41, 5.74) is 1.39. The largest absolute Gasteiger partial charge is 1.00 e. The van der Waals surface area contributed by atoms with Crippen LogP contribution in [0.5, 0.6) is 17.2 Å². The van der Waals surface area contributed by atoms with Gasteiger partial charge in [-0.15, -0.1) is 18.2 Å². The Balaban J connectivity index is 0.00000280. The summed E-state index contributed by atoms with van der Waals surface area (Å²) in [6, 6.07) is 11.7. The third-order valence-corrected chi connectivity index (χ3v) is 4.54. The zero-order valence-electron chi connectivity index (χ0n) is 16.3. The quantitative estimate of drug-likeness (QED) is 0.434. The molecule has 0 aliphatic carbocycles. The Kier molecular flexibility index (Phi) is 7.04. The van der Waals surface area contributed by atoms with Gasteiger partial charge in [-0.05, 0) is 31.5 Å². The standard InChI is InChI=1S/C22H23O5.Os/c1-22(2)10-9-15-11-16(6-7-18(15)27-22)21(24)17(13-23)14-5-8-19(25-3)20(12-14)26-4;/h5-10,12,17,23H,13H2,1-4H3;/q-1;+1. The van der Waals surface area contributed by atoms with Crippen LogP contribution in [-0.4, -0.2) is 37.3 Å². The maximum atomic E-state index is 13.0. The molecule has 0 aromatic heterocycles. The summed E-state index contributed by atoms with van der Waals surface area (Å²) >= 11 is 0. The van der Waals surface area contributed by atoms with Crippen molar-refractivity contribution in [2.75, 3.05) is 20.8 Å². The molecular formula is C22H23O5Os. The molecule has 6 heteroatoms. The minimum Gasteiger partial charge on any atom is -0.520 e. The van der Waals surface area contributed by atoms with Gasteiger partial charge in [0.25, 0.3) is 0 Å². The maximum absolute atomic E-state index is 13.0. The van der Waals surface area contributed by atoms with Crippen LogP contribution in [0.15, 0.2) is 36.4 Å². The Hall–Kier alpha value is -2.15. The molecule has 0 bridgehead atoms. The van der Waals surface area contributed by atoms with Crippen LogP contribution in [0.3, 0.4) is 0 Å². The average Bonchev–Trinajstić information content (AvgIpc) is 2.67. The van der Waals surface area contributed by atoms with Crippen molar-refractivity contribution >= 4 is 11.9 Å². The molecule has 5 nitrogen and oxygen atoms in total. The number of rotatable bonds is 6. The minimum atomic E-state index is -0.718. The Labute approximate surface area is 178 Å². The summed E-state index contributed by atoms with van der Waals surface area (Å²) in [6.07, 6.45) is 3.83. The second-order valence-electron chi connectivity index (χ2n) is 6.90. The first kappa shape index (κ1) is 22.1. The van der Waals surface area contributed by atoms with Gasteiger partial charge in [0.1, 0.15) is 11.4 Å². The monoisotopic (exact) mass is 559 g/mol. The number of aliphatic hydroxyl groups is 1. The molecule has 1 radical (unpaired) electrons. The molecule has 1 aliphatic rings. The number of carbonyl (C=O) groups is 1. The Morgan fingerprint density at radius 3 is 2.54 bits per heavy atom. The number of fused-ring (bicyclic) bond motifs is 1. The number of hydrogen-bond donors (Lipinski definition) is 1. The molecule has 0 saturated carbocycles. The predicted octanol–water partition coefficient (Wildman–Crippen LogP) is 3.64. The molecule has 1 unspecified atom stereocenters. The third kappa shape index (κ3) is 4.46. The fraction of sp³-hybridized carbons (Fsp3) is 0.318. The van der Waals surface area contributed by atoms with Gasteiger partial charge in [-0.25, -0.2) is 0 Å². The van der Waals surface area contributed by atoms with Crippen molar-refractivity contribution < 1.29 is 43.9 Å². The van der Waals surface area contributed by atoms with Gasteiger partial charge in [-0.3, -0.25) is 0 Å². The number of aliphatic hydroxyl groups excluding tert-OH is 1. The van der Waals surface area contributed by atoms with Gasteiger partial charge < -0.3 is 24.1 Å². The first-order valence-corrected chi connectivity index (χ1v) is 8.70. The smallest absolute Gasteiger partial charge is 0.520 e. The fourth-order valence-corrected chi connectivity index (χ4v) is 3.05. The van der Waals surface area contributed by atoms with E-state index in [4.69, 9.17) is 14.2 Å². The molecule has 2 aromatic rings.